The molecule has 7 heteroatoms. The quantitative estimate of drug-likeness (QED) is 0.351. The molecule has 140 valence electrons. The average molecular weight is 392 g/mol. The maximum atomic E-state index is 12.3. The molecule has 0 fully saturated rings. The Balaban J connectivity index is 1.86. The van der Waals surface area contributed by atoms with E-state index in [4.69, 9.17) is 0 Å². The molecule has 1 heterocycles. The summed E-state index contributed by atoms with van der Waals surface area (Å²) in [5.41, 5.74) is 1.82. The molecule has 0 aliphatic carbocycles. The summed E-state index contributed by atoms with van der Waals surface area (Å²) in [5.74, 6) is 0.378. The summed E-state index contributed by atoms with van der Waals surface area (Å²) in [6.07, 6.45) is 3.84. The highest BCUT2D eigenvalue weighted by Crippen LogP contribution is 2.27. The summed E-state index contributed by atoms with van der Waals surface area (Å²) in [4.78, 5) is 24.5. The standard InChI is InChI=1S/C19H25N3O2S2/c1-4-6-7-14(5-2)17(24)20-18-21-22-19(26-18)25-12-16(23)15-10-8-13(3)9-11-15/h8-11,14H,4-7,12H2,1-3H3,(H,20,21,24)/t14-/m0/s1. The lowest BCUT2D eigenvalue weighted by molar-refractivity contribution is -0.120. The minimum Gasteiger partial charge on any atom is -0.300 e. The molecule has 0 saturated carbocycles. The Hall–Kier alpha value is -1.73. The van der Waals surface area contributed by atoms with Crippen LogP contribution in [0.2, 0.25) is 0 Å². The number of aryl methyl sites for hydroxylation is 1. The summed E-state index contributed by atoms with van der Waals surface area (Å²) in [5, 5.41) is 11.4. The van der Waals surface area contributed by atoms with Crippen LogP contribution in [0.1, 0.15) is 55.5 Å². The second kappa shape index (κ2) is 10.4. The molecule has 2 aromatic rings. The first kappa shape index (κ1) is 20.6. The van der Waals surface area contributed by atoms with Crippen molar-refractivity contribution in [3.05, 3.63) is 35.4 Å². The van der Waals surface area contributed by atoms with Crippen molar-refractivity contribution >= 4 is 39.9 Å². The zero-order valence-corrected chi connectivity index (χ0v) is 17.1. The molecule has 1 N–H and O–H groups in total. The number of ketones is 1. The van der Waals surface area contributed by atoms with Crippen LogP contribution in [-0.4, -0.2) is 27.6 Å². The highest BCUT2D eigenvalue weighted by atomic mass is 32.2. The SMILES string of the molecule is CCCC[C@H](CC)C(=O)Nc1nnc(SCC(=O)c2ccc(C)cc2)s1. The van der Waals surface area contributed by atoms with Gasteiger partial charge in [0.25, 0.3) is 0 Å². The number of rotatable bonds is 10. The third-order valence-corrected chi connectivity index (χ3v) is 6.08. The Kier molecular flexibility index (Phi) is 8.25. The Labute approximate surface area is 163 Å². The smallest absolute Gasteiger partial charge is 0.229 e. The van der Waals surface area contributed by atoms with Gasteiger partial charge in [-0.05, 0) is 19.8 Å². The molecule has 0 bridgehead atoms. The number of benzene rings is 1. The van der Waals surface area contributed by atoms with Crippen molar-refractivity contribution < 1.29 is 9.59 Å². The van der Waals surface area contributed by atoms with Crippen molar-refractivity contribution in [2.75, 3.05) is 11.1 Å². The van der Waals surface area contributed by atoms with Gasteiger partial charge in [0.15, 0.2) is 10.1 Å². The number of hydrogen-bond donors (Lipinski definition) is 1. The van der Waals surface area contributed by atoms with E-state index < -0.39 is 0 Å². The van der Waals surface area contributed by atoms with E-state index >= 15 is 0 Å². The molecule has 1 atom stereocenters. The van der Waals surface area contributed by atoms with Crippen molar-refractivity contribution in [1.82, 2.24) is 10.2 Å². The van der Waals surface area contributed by atoms with Crippen LogP contribution in [0, 0.1) is 12.8 Å². The zero-order chi connectivity index (χ0) is 18.9. The third kappa shape index (κ3) is 6.21. The van der Waals surface area contributed by atoms with E-state index in [0.717, 1.165) is 31.2 Å². The van der Waals surface area contributed by atoms with Gasteiger partial charge in [0, 0.05) is 11.5 Å². The Bertz CT molecular complexity index is 729. The predicted molar refractivity (Wildman–Crippen MR) is 108 cm³/mol. The largest absolute Gasteiger partial charge is 0.300 e. The van der Waals surface area contributed by atoms with Crippen LogP contribution in [0.15, 0.2) is 28.6 Å². The Morgan fingerprint density at radius 2 is 1.92 bits per heavy atom. The van der Waals surface area contributed by atoms with Crippen LogP contribution >= 0.6 is 23.1 Å². The summed E-state index contributed by atoms with van der Waals surface area (Å²) in [6, 6.07) is 7.54. The third-order valence-electron chi connectivity index (χ3n) is 4.11. The van der Waals surface area contributed by atoms with Gasteiger partial charge in [0.2, 0.25) is 11.0 Å². The molecular weight excluding hydrogens is 366 g/mol. The van der Waals surface area contributed by atoms with Crippen LogP contribution < -0.4 is 5.32 Å². The number of carbonyl (C=O) groups is 2. The molecule has 1 aromatic carbocycles. The van der Waals surface area contributed by atoms with E-state index in [2.05, 4.69) is 22.4 Å². The van der Waals surface area contributed by atoms with E-state index in [0.29, 0.717) is 20.8 Å². The van der Waals surface area contributed by atoms with Crippen LogP contribution in [-0.2, 0) is 4.79 Å². The molecule has 0 aliphatic heterocycles. The number of thioether (sulfide) groups is 1. The first-order valence-electron chi connectivity index (χ1n) is 8.90. The van der Waals surface area contributed by atoms with Crippen molar-refractivity contribution in [3.63, 3.8) is 0 Å². The monoisotopic (exact) mass is 391 g/mol. The number of anilines is 1. The molecule has 0 radical (unpaired) electrons. The minimum absolute atomic E-state index is 0.00406. The molecular formula is C19H25N3O2S2. The number of Topliss-reactive ketones (excluding diaryl/α,β-unsaturated/α-hetero) is 1. The van der Waals surface area contributed by atoms with Gasteiger partial charge in [-0.2, -0.15) is 0 Å². The second-order valence-electron chi connectivity index (χ2n) is 6.19. The first-order chi connectivity index (χ1) is 12.5. The zero-order valence-electron chi connectivity index (χ0n) is 15.4. The number of amides is 1. The molecule has 1 amide bonds. The number of carbonyl (C=O) groups excluding carboxylic acids is 2. The lowest BCUT2D eigenvalue weighted by Gasteiger charge is -2.12. The molecule has 5 nitrogen and oxygen atoms in total. The Morgan fingerprint density at radius 3 is 2.58 bits per heavy atom. The van der Waals surface area contributed by atoms with E-state index in [1.165, 1.54) is 23.1 Å². The number of hydrogen-bond acceptors (Lipinski definition) is 6. The van der Waals surface area contributed by atoms with Crippen LogP contribution in [0.3, 0.4) is 0 Å². The topological polar surface area (TPSA) is 72.0 Å². The number of aromatic nitrogens is 2. The summed E-state index contributed by atoms with van der Waals surface area (Å²) in [6.45, 7) is 6.14. The van der Waals surface area contributed by atoms with Gasteiger partial charge in [-0.25, -0.2) is 0 Å². The second-order valence-corrected chi connectivity index (χ2v) is 8.39. The fourth-order valence-corrected chi connectivity index (χ4v) is 4.10. The minimum atomic E-state index is 0.00406. The number of nitrogens with one attached hydrogen (secondary N) is 1. The molecule has 0 saturated heterocycles. The molecule has 2 rings (SSSR count). The van der Waals surface area contributed by atoms with Crippen LogP contribution in [0.4, 0.5) is 5.13 Å². The van der Waals surface area contributed by atoms with E-state index in [1.807, 2.05) is 38.1 Å². The maximum Gasteiger partial charge on any atom is 0.229 e. The van der Waals surface area contributed by atoms with Crippen molar-refractivity contribution in [2.24, 2.45) is 5.92 Å². The molecule has 0 spiro atoms. The van der Waals surface area contributed by atoms with Gasteiger partial charge >= 0.3 is 0 Å². The number of nitrogens with zero attached hydrogens (tertiary/aromatic N) is 2. The summed E-state index contributed by atoms with van der Waals surface area (Å²) >= 11 is 2.66. The van der Waals surface area contributed by atoms with Crippen LogP contribution in [0.5, 0.6) is 0 Å². The van der Waals surface area contributed by atoms with Crippen molar-refractivity contribution in [2.45, 2.75) is 50.8 Å². The highest BCUT2D eigenvalue weighted by molar-refractivity contribution is 8.01. The maximum absolute atomic E-state index is 12.3. The van der Waals surface area contributed by atoms with Crippen molar-refractivity contribution in [3.8, 4) is 0 Å². The normalized spacial score (nSPS) is 12.0. The molecule has 0 aliphatic rings. The van der Waals surface area contributed by atoms with E-state index in [-0.39, 0.29) is 17.6 Å². The first-order valence-corrected chi connectivity index (χ1v) is 10.7. The van der Waals surface area contributed by atoms with Crippen molar-refractivity contribution in [1.29, 1.82) is 0 Å². The van der Waals surface area contributed by atoms with Gasteiger partial charge in [-0.1, -0.05) is 79.6 Å². The van der Waals surface area contributed by atoms with E-state index in [9.17, 15) is 9.59 Å². The summed E-state index contributed by atoms with van der Waals surface area (Å²) < 4.78 is 0.683. The van der Waals surface area contributed by atoms with Gasteiger partial charge in [-0.3, -0.25) is 9.59 Å². The van der Waals surface area contributed by atoms with Gasteiger partial charge in [0.05, 0.1) is 5.75 Å². The predicted octanol–water partition coefficient (Wildman–Crippen LogP) is 4.98. The Morgan fingerprint density at radius 1 is 1.19 bits per heavy atom. The fraction of sp³-hybridized carbons (Fsp3) is 0.474. The van der Waals surface area contributed by atoms with Crippen LogP contribution in [0.25, 0.3) is 0 Å². The van der Waals surface area contributed by atoms with Gasteiger partial charge in [0.1, 0.15) is 0 Å². The molecule has 26 heavy (non-hydrogen) atoms. The molecule has 0 unspecified atom stereocenters. The molecule has 1 aromatic heterocycles. The number of unbranched alkanes of at least 4 members (excludes halogenated alkanes) is 1. The highest BCUT2D eigenvalue weighted by Gasteiger charge is 2.18. The summed E-state index contributed by atoms with van der Waals surface area (Å²) in [7, 11) is 0. The lowest BCUT2D eigenvalue weighted by Crippen LogP contribution is -2.22. The lowest BCUT2D eigenvalue weighted by atomic mass is 9.99. The average Bonchev–Trinajstić information content (AvgIpc) is 3.08. The van der Waals surface area contributed by atoms with Gasteiger partial charge in [-0.15, -0.1) is 10.2 Å². The van der Waals surface area contributed by atoms with Gasteiger partial charge < -0.3 is 5.32 Å². The fourth-order valence-electron chi connectivity index (χ4n) is 2.45. The van der Waals surface area contributed by atoms with E-state index in [1.54, 1.807) is 0 Å².